The maximum absolute atomic E-state index is 2.93. The largest absolute Gasteiger partial charge is 0.267 e. The van der Waals surface area contributed by atoms with E-state index in [0.29, 0.717) is 0 Å². The summed E-state index contributed by atoms with van der Waals surface area (Å²) in [5.74, 6) is 4.79. The molecule has 2 saturated heterocycles. The quantitative estimate of drug-likeness (QED) is 0.454. The van der Waals surface area contributed by atoms with Crippen LogP contribution in [0.4, 0.5) is 0 Å². The summed E-state index contributed by atoms with van der Waals surface area (Å²) in [5.41, 5.74) is 1.96. The first-order valence-corrected chi connectivity index (χ1v) is 13.7. The van der Waals surface area contributed by atoms with Crippen LogP contribution in [-0.2, 0) is 0 Å². The monoisotopic (exact) mass is 390 g/mol. The van der Waals surface area contributed by atoms with Crippen LogP contribution in [-0.4, -0.2) is 35.5 Å². The Morgan fingerprint density at radius 2 is 0.889 bits per heavy atom. The van der Waals surface area contributed by atoms with Gasteiger partial charge < -0.3 is 0 Å². The van der Waals surface area contributed by atoms with E-state index in [4.69, 9.17) is 0 Å². The van der Waals surface area contributed by atoms with Crippen LogP contribution in [0.1, 0.15) is 103 Å². The molecule has 3 heteroatoms. The van der Waals surface area contributed by atoms with Crippen molar-refractivity contribution in [2.45, 2.75) is 103 Å². The Morgan fingerprint density at radius 3 is 1.30 bits per heavy atom. The standard InChI is InChI=1S/C24H43N2P/c1-5-13-22(14-6-1)24(23-15-7-2-8-16-23)21-27(25-17-9-3-10-18-25)26-19-11-4-12-20-26/h21-23H,1-20H2. The van der Waals surface area contributed by atoms with Gasteiger partial charge in [0.25, 0.3) is 0 Å². The lowest BCUT2D eigenvalue weighted by molar-refractivity contribution is 0.310. The highest BCUT2D eigenvalue weighted by Crippen LogP contribution is 2.52. The minimum Gasteiger partial charge on any atom is -0.267 e. The van der Waals surface area contributed by atoms with Gasteiger partial charge >= 0.3 is 0 Å². The van der Waals surface area contributed by atoms with Crippen LogP contribution < -0.4 is 0 Å². The van der Waals surface area contributed by atoms with E-state index in [2.05, 4.69) is 15.2 Å². The molecule has 0 radical (unpaired) electrons. The molecule has 0 amide bonds. The van der Waals surface area contributed by atoms with E-state index in [1.54, 1.807) is 0 Å². The van der Waals surface area contributed by atoms with Crippen molar-refractivity contribution in [1.29, 1.82) is 0 Å². The average Bonchev–Trinajstić information content (AvgIpc) is 2.77. The Labute approximate surface area is 170 Å². The average molecular weight is 391 g/mol. The van der Waals surface area contributed by atoms with Crippen LogP contribution in [0.5, 0.6) is 0 Å². The van der Waals surface area contributed by atoms with Gasteiger partial charge in [0.2, 0.25) is 0 Å². The van der Waals surface area contributed by atoms with E-state index in [9.17, 15) is 0 Å². The van der Waals surface area contributed by atoms with Gasteiger partial charge in [-0.1, -0.05) is 56.9 Å². The molecule has 0 aromatic carbocycles. The number of allylic oxidation sites excluding steroid dienone is 1. The second-order valence-corrected chi connectivity index (χ2v) is 11.7. The summed E-state index contributed by atoms with van der Waals surface area (Å²) >= 11 is 0. The van der Waals surface area contributed by atoms with Crippen molar-refractivity contribution in [3.63, 3.8) is 0 Å². The van der Waals surface area contributed by atoms with Gasteiger partial charge in [0.1, 0.15) is 0 Å². The molecule has 2 heterocycles. The molecule has 0 atom stereocenters. The van der Waals surface area contributed by atoms with Crippen molar-refractivity contribution >= 4 is 8.22 Å². The third kappa shape index (κ3) is 5.58. The van der Waals surface area contributed by atoms with Crippen LogP contribution in [0.15, 0.2) is 11.4 Å². The Hall–Kier alpha value is 0.0900. The van der Waals surface area contributed by atoms with Crippen molar-refractivity contribution in [3.05, 3.63) is 11.4 Å². The molecule has 0 spiro atoms. The number of piperidine rings is 2. The first kappa shape index (κ1) is 20.4. The van der Waals surface area contributed by atoms with Gasteiger partial charge in [-0.2, -0.15) is 0 Å². The molecule has 2 aliphatic carbocycles. The maximum Gasteiger partial charge on any atom is 0.0647 e. The smallest absolute Gasteiger partial charge is 0.0647 e. The SMILES string of the molecule is C(=C(C1CCCCC1)C1CCCCC1)P(N1CCCCC1)N1CCCCC1. The second-order valence-electron chi connectivity index (χ2n) is 9.65. The van der Waals surface area contributed by atoms with E-state index < -0.39 is 0 Å². The topological polar surface area (TPSA) is 6.48 Å². The summed E-state index contributed by atoms with van der Waals surface area (Å²) < 4.78 is 5.85. The molecule has 0 aromatic rings. The lowest BCUT2D eigenvalue weighted by Gasteiger charge is -2.43. The molecule has 0 unspecified atom stereocenters. The lowest BCUT2D eigenvalue weighted by atomic mass is 9.74. The first-order chi connectivity index (χ1) is 13.4. The van der Waals surface area contributed by atoms with Crippen molar-refractivity contribution in [2.24, 2.45) is 11.8 Å². The van der Waals surface area contributed by atoms with Crippen LogP contribution in [0.25, 0.3) is 0 Å². The fraction of sp³-hybridized carbons (Fsp3) is 0.917. The number of nitrogens with zero attached hydrogens (tertiary/aromatic N) is 2. The van der Waals surface area contributed by atoms with E-state index in [0.717, 1.165) is 11.8 Å². The molecule has 2 saturated carbocycles. The van der Waals surface area contributed by atoms with Gasteiger partial charge in [-0.3, -0.25) is 9.34 Å². The molecule has 4 fully saturated rings. The normalized spacial score (nSPS) is 27.7. The summed E-state index contributed by atoms with van der Waals surface area (Å²) in [6.45, 7) is 5.45. The third-order valence-electron chi connectivity index (χ3n) is 7.66. The van der Waals surface area contributed by atoms with Crippen molar-refractivity contribution in [2.75, 3.05) is 26.2 Å². The highest BCUT2D eigenvalue weighted by Gasteiger charge is 2.31. The van der Waals surface area contributed by atoms with Crippen LogP contribution in [0, 0.1) is 11.8 Å². The fourth-order valence-electron chi connectivity index (χ4n) is 6.06. The van der Waals surface area contributed by atoms with Crippen molar-refractivity contribution in [3.8, 4) is 0 Å². The van der Waals surface area contributed by atoms with Gasteiger partial charge in [0, 0.05) is 26.2 Å². The fourth-order valence-corrected chi connectivity index (χ4v) is 8.81. The highest BCUT2D eigenvalue weighted by atomic mass is 31.1. The van der Waals surface area contributed by atoms with Crippen molar-refractivity contribution < 1.29 is 0 Å². The molecule has 4 rings (SSSR count). The zero-order valence-electron chi connectivity index (χ0n) is 17.7. The molecule has 4 aliphatic rings. The number of rotatable bonds is 5. The number of hydrogen-bond donors (Lipinski definition) is 0. The Bertz CT molecular complexity index is 415. The summed E-state index contributed by atoms with van der Waals surface area (Å²) in [6, 6.07) is 0. The van der Waals surface area contributed by atoms with Gasteiger partial charge in [-0.15, -0.1) is 0 Å². The van der Waals surface area contributed by atoms with Gasteiger partial charge in [-0.05, 0) is 69.0 Å². The van der Waals surface area contributed by atoms with Crippen LogP contribution in [0.2, 0.25) is 0 Å². The first-order valence-electron chi connectivity index (χ1n) is 12.4. The molecule has 154 valence electrons. The minimum atomic E-state index is -0.181. The summed E-state index contributed by atoms with van der Waals surface area (Å²) in [5, 5.41) is 0. The second kappa shape index (κ2) is 10.7. The van der Waals surface area contributed by atoms with Crippen LogP contribution in [0.3, 0.4) is 0 Å². The molecule has 0 bridgehead atoms. The highest BCUT2D eigenvalue weighted by molar-refractivity contribution is 7.56. The third-order valence-corrected chi connectivity index (χ3v) is 10.2. The molecule has 2 aliphatic heterocycles. The predicted molar refractivity (Wildman–Crippen MR) is 119 cm³/mol. The summed E-state index contributed by atoms with van der Waals surface area (Å²) in [6.07, 6.45) is 23.5. The molecule has 0 N–H and O–H groups in total. The van der Waals surface area contributed by atoms with E-state index in [1.807, 2.05) is 5.57 Å². The van der Waals surface area contributed by atoms with Crippen molar-refractivity contribution in [1.82, 2.24) is 9.34 Å². The maximum atomic E-state index is 2.93. The molecule has 27 heavy (non-hydrogen) atoms. The van der Waals surface area contributed by atoms with Gasteiger partial charge in [0.05, 0.1) is 8.22 Å². The molecule has 0 aromatic heterocycles. The zero-order valence-corrected chi connectivity index (χ0v) is 18.6. The molecule has 2 nitrogen and oxygen atoms in total. The predicted octanol–water partition coefficient (Wildman–Crippen LogP) is 7.31. The van der Waals surface area contributed by atoms with Gasteiger partial charge in [0.15, 0.2) is 0 Å². The summed E-state index contributed by atoms with van der Waals surface area (Å²) in [4.78, 5) is 0. The zero-order chi connectivity index (χ0) is 18.3. The van der Waals surface area contributed by atoms with E-state index in [-0.39, 0.29) is 8.22 Å². The Balaban J connectivity index is 1.59. The lowest BCUT2D eigenvalue weighted by Crippen LogP contribution is -2.35. The summed E-state index contributed by atoms with van der Waals surface area (Å²) in [7, 11) is -0.181. The molecular weight excluding hydrogens is 347 g/mol. The van der Waals surface area contributed by atoms with Crippen LogP contribution >= 0.6 is 8.22 Å². The Morgan fingerprint density at radius 1 is 0.519 bits per heavy atom. The minimum absolute atomic E-state index is 0.181. The van der Waals surface area contributed by atoms with Gasteiger partial charge in [-0.25, -0.2) is 0 Å². The Kier molecular flexibility index (Phi) is 8.11. The molecular formula is C24H43N2P. The van der Waals surface area contributed by atoms with E-state index in [1.165, 1.54) is 129 Å². The number of hydrogen-bond acceptors (Lipinski definition) is 2. The van der Waals surface area contributed by atoms with E-state index >= 15 is 0 Å².